The van der Waals surface area contributed by atoms with Crippen molar-refractivity contribution in [3.63, 3.8) is 0 Å². The van der Waals surface area contributed by atoms with Gasteiger partial charge in [-0.1, -0.05) is 23.2 Å². The third-order valence-corrected chi connectivity index (χ3v) is 3.79. The Morgan fingerprint density at radius 3 is 2.33 bits per heavy atom. The topological polar surface area (TPSA) is 44.8 Å². The highest BCUT2D eigenvalue weighted by Crippen LogP contribution is 2.39. The summed E-state index contributed by atoms with van der Waals surface area (Å²) in [6, 6.07) is 1.49. The van der Waals surface area contributed by atoms with E-state index < -0.39 is 16.9 Å². The molecule has 2 rings (SSSR count). The van der Waals surface area contributed by atoms with Crippen LogP contribution in [0.1, 0.15) is 17.0 Å². The van der Waals surface area contributed by atoms with Crippen molar-refractivity contribution in [3.05, 3.63) is 38.3 Å². The van der Waals surface area contributed by atoms with Gasteiger partial charge in [-0.25, -0.2) is 0 Å². The molecule has 0 unspecified atom stereocenters. The van der Waals surface area contributed by atoms with Crippen molar-refractivity contribution in [3.8, 4) is 11.4 Å². The highest BCUT2D eigenvalue weighted by atomic mass is 35.5. The van der Waals surface area contributed by atoms with Gasteiger partial charge < -0.3 is 5.21 Å². The summed E-state index contributed by atoms with van der Waals surface area (Å²) in [5, 5.41) is 15.5. The van der Waals surface area contributed by atoms with E-state index in [-0.39, 0.29) is 22.1 Å². The Morgan fingerprint density at radius 2 is 1.86 bits per heavy atom. The number of alkyl halides is 3. The van der Waals surface area contributed by atoms with Crippen LogP contribution in [-0.2, 0) is 13.2 Å². The first-order valence-electron chi connectivity index (χ1n) is 5.75. The van der Waals surface area contributed by atoms with E-state index in [0.29, 0.717) is 15.0 Å². The van der Waals surface area contributed by atoms with E-state index in [1.54, 1.807) is 6.92 Å². The number of aromatic nitrogens is 3. The molecule has 0 atom stereocenters. The second kappa shape index (κ2) is 5.06. The molecule has 0 amide bonds. The van der Waals surface area contributed by atoms with Crippen LogP contribution in [0.15, 0.2) is 6.07 Å². The van der Waals surface area contributed by atoms with Crippen LogP contribution in [0, 0.1) is 19.1 Å². The standard InChI is InChI=1S/C12H10Cl2F3N3O/c1-5-4-7(13)6(2)20(21)10(5)9-8(14)11(12(15,16)17)19(3)18-9/h4H,1-3H3. The van der Waals surface area contributed by atoms with Crippen molar-refractivity contribution in [2.24, 2.45) is 7.05 Å². The maximum atomic E-state index is 12.9. The second-order valence-electron chi connectivity index (χ2n) is 4.54. The molecule has 0 saturated carbocycles. The Kier molecular flexibility index (Phi) is 3.84. The van der Waals surface area contributed by atoms with E-state index in [0.717, 1.165) is 7.05 Å². The third-order valence-electron chi connectivity index (χ3n) is 3.05. The van der Waals surface area contributed by atoms with E-state index >= 15 is 0 Å². The number of pyridine rings is 1. The van der Waals surface area contributed by atoms with Crippen LogP contribution in [0.4, 0.5) is 13.2 Å². The van der Waals surface area contributed by atoms with E-state index in [1.807, 2.05) is 0 Å². The minimum atomic E-state index is -4.67. The normalized spacial score (nSPS) is 12.0. The Labute approximate surface area is 128 Å². The molecule has 0 radical (unpaired) electrons. The van der Waals surface area contributed by atoms with Crippen molar-refractivity contribution in [1.82, 2.24) is 9.78 Å². The average molecular weight is 340 g/mol. The van der Waals surface area contributed by atoms with Gasteiger partial charge in [0.2, 0.25) is 11.4 Å². The van der Waals surface area contributed by atoms with E-state index in [4.69, 9.17) is 23.2 Å². The molecule has 0 aliphatic rings. The highest BCUT2D eigenvalue weighted by Gasteiger charge is 2.40. The smallest absolute Gasteiger partial charge is 0.434 e. The summed E-state index contributed by atoms with van der Waals surface area (Å²) in [5.41, 5.74) is -0.834. The Morgan fingerprint density at radius 1 is 1.29 bits per heavy atom. The minimum Gasteiger partial charge on any atom is -0.618 e. The van der Waals surface area contributed by atoms with Crippen molar-refractivity contribution < 1.29 is 17.9 Å². The molecule has 0 saturated heterocycles. The first-order chi connectivity index (χ1) is 9.55. The molecule has 4 nitrogen and oxygen atoms in total. The zero-order valence-corrected chi connectivity index (χ0v) is 12.7. The first kappa shape index (κ1) is 15.9. The Hall–Kier alpha value is -1.47. The van der Waals surface area contributed by atoms with Gasteiger partial charge in [-0.3, -0.25) is 4.68 Å². The van der Waals surface area contributed by atoms with Gasteiger partial charge in [0.25, 0.3) is 0 Å². The molecular formula is C12H10Cl2F3N3O. The maximum Gasteiger partial charge on any atom is 0.434 e. The highest BCUT2D eigenvalue weighted by molar-refractivity contribution is 6.34. The molecule has 9 heteroatoms. The Bertz CT molecular complexity index is 726. The molecule has 0 aliphatic carbocycles. The third kappa shape index (κ3) is 2.55. The van der Waals surface area contributed by atoms with Gasteiger partial charge in [-0.2, -0.15) is 23.0 Å². The quantitative estimate of drug-likeness (QED) is 0.587. The average Bonchev–Trinajstić information content (AvgIpc) is 2.61. The molecule has 0 aliphatic heterocycles. The molecule has 2 aromatic rings. The Balaban J connectivity index is 2.79. The minimum absolute atomic E-state index is 0.0481. The molecule has 114 valence electrons. The van der Waals surface area contributed by atoms with Crippen molar-refractivity contribution in [2.45, 2.75) is 20.0 Å². The predicted molar refractivity (Wildman–Crippen MR) is 72.1 cm³/mol. The monoisotopic (exact) mass is 339 g/mol. The van der Waals surface area contributed by atoms with E-state index in [2.05, 4.69) is 5.10 Å². The lowest BCUT2D eigenvalue weighted by Gasteiger charge is -2.10. The fraction of sp³-hybridized carbons (Fsp3) is 0.333. The van der Waals surface area contributed by atoms with Crippen LogP contribution in [-0.4, -0.2) is 9.78 Å². The van der Waals surface area contributed by atoms with Crippen LogP contribution in [0.2, 0.25) is 10.0 Å². The number of rotatable bonds is 1. The number of halogens is 5. The van der Waals surface area contributed by atoms with Crippen LogP contribution in [0.5, 0.6) is 0 Å². The lowest BCUT2D eigenvalue weighted by atomic mass is 10.1. The molecule has 21 heavy (non-hydrogen) atoms. The molecular weight excluding hydrogens is 330 g/mol. The van der Waals surface area contributed by atoms with Crippen LogP contribution >= 0.6 is 23.2 Å². The van der Waals surface area contributed by atoms with Crippen LogP contribution in [0.3, 0.4) is 0 Å². The van der Waals surface area contributed by atoms with Gasteiger partial charge in [-0.05, 0) is 13.0 Å². The molecule has 2 heterocycles. The zero-order chi connectivity index (χ0) is 16.1. The molecule has 0 fully saturated rings. The summed E-state index contributed by atoms with van der Waals surface area (Å²) < 4.78 is 39.8. The zero-order valence-electron chi connectivity index (χ0n) is 11.2. The fourth-order valence-corrected chi connectivity index (χ4v) is 2.63. The summed E-state index contributed by atoms with van der Waals surface area (Å²) in [6.45, 7) is 3.01. The van der Waals surface area contributed by atoms with E-state index in [9.17, 15) is 18.4 Å². The van der Waals surface area contributed by atoms with Gasteiger partial charge in [0.15, 0.2) is 11.4 Å². The van der Waals surface area contributed by atoms with Crippen LogP contribution < -0.4 is 4.73 Å². The molecule has 2 aromatic heterocycles. The first-order valence-corrected chi connectivity index (χ1v) is 6.50. The summed E-state index contributed by atoms with van der Waals surface area (Å²) in [4.78, 5) is 0. The maximum absolute atomic E-state index is 12.9. The summed E-state index contributed by atoms with van der Waals surface area (Å²) in [5.74, 6) is 0. The van der Waals surface area contributed by atoms with Gasteiger partial charge in [0.1, 0.15) is 10.0 Å². The summed E-state index contributed by atoms with van der Waals surface area (Å²) in [6.07, 6.45) is -4.67. The number of hydrogen-bond donors (Lipinski definition) is 0. The lowest BCUT2D eigenvalue weighted by Crippen LogP contribution is -2.34. The largest absolute Gasteiger partial charge is 0.618 e. The number of hydrogen-bond acceptors (Lipinski definition) is 2. The van der Waals surface area contributed by atoms with Crippen LogP contribution in [0.25, 0.3) is 11.4 Å². The number of aryl methyl sites for hydroxylation is 2. The van der Waals surface area contributed by atoms with Crippen molar-refractivity contribution in [1.29, 1.82) is 0 Å². The van der Waals surface area contributed by atoms with Gasteiger partial charge in [0.05, 0.1) is 0 Å². The molecule has 0 bridgehead atoms. The van der Waals surface area contributed by atoms with Gasteiger partial charge in [-0.15, -0.1) is 0 Å². The summed E-state index contributed by atoms with van der Waals surface area (Å²) in [7, 11) is 1.12. The summed E-state index contributed by atoms with van der Waals surface area (Å²) >= 11 is 11.7. The molecule has 0 aromatic carbocycles. The van der Waals surface area contributed by atoms with Crippen molar-refractivity contribution in [2.75, 3.05) is 0 Å². The fourth-order valence-electron chi connectivity index (χ4n) is 2.03. The predicted octanol–water partition coefficient (Wildman–Crippen LogP) is 3.66. The second-order valence-corrected chi connectivity index (χ2v) is 5.32. The van der Waals surface area contributed by atoms with Gasteiger partial charge >= 0.3 is 6.18 Å². The van der Waals surface area contributed by atoms with E-state index in [1.165, 1.54) is 13.0 Å². The number of nitrogens with zero attached hydrogens (tertiary/aromatic N) is 3. The molecule has 0 spiro atoms. The molecule has 0 N–H and O–H groups in total. The van der Waals surface area contributed by atoms with Crippen molar-refractivity contribution >= 4 is 23.2 Å². The van der Waals surface area contributed by atoms with Gasteiger partial charge in [0, 0.05) is 19.5 Å². The SMILES string of the molecule is Cc1cc(Cl)c(C)[n+]([O-])c1-c1nn(C)c(C(F)(F)F)c1Cl. The lowest BCUT2D eigenvalue weighted by molar-refractivity contribution is -0.601.